The highest BCUT2D eigenvalue weighted by molar-refractivity contribution is 5.99. The molecule has 1 aliphatic heterocycles. The molecule has 8 heteroatoms. The lowest BCUT2D eigenvalue weighted by molar-refractivity contribution is 0.174. The maximum Gasteiger partial charge on any atom is 0.231 e. The Bertz CT molecular complexity index is 1010. The quantitative estimate of drug-likeness (QED) is 0.763. The molecule has 0 fully saturated rings. The third kappa shape index (κ3) is 2.38. The number of methoxy groups -OCH3 is 3. The zero-order chi connectivity index (χ0) is 18.3. The lowest BCUT2D eigenvalue weighted by atomic mass is 10.0. The lowest BCUT2D eigenvalue weighted by Crippen LogP contribution is -2.02. The maximum atomic E-state index is 5.95. The van der Waals surface area contributed by atoms with Crippen LogP contribution in [0.4, 0.5) is 5.95 Å². The molecule has 1 aliphatic rings. The average molecular weight is 355 g/mol. The molecule has 0 aliphatic carbocycles. The molecule has 2 heterocycles. The Kier molecular flexibility index (Phi) is 3.80. The highest BCUT2D eigenvalue weighted by Crippen LogP contribution is 2.45. The van der Waals surface area contributed by atoms with Gasteiger partial charge in [0.15, 0.2) is 23.0 Å². The van der Waals surface area contributed by atoms with E-state index in [9.17, 15) is 0 Å². The summed E-state index contributed by atoms with van der Waals surface area (Å²) < 4.78 is 27.2. The second-order valence-corrected chi connectivity index (χ2v) is 5.54. The third-order valence-corrected chi connectivity index (χ3v) is 4.16. The largest absolute Gasteiger partial charge is 0.493 e. The van der Waals surface area contributed by atoms with Crippen LogP contribution >= 0.6 is 0 Å². The fourth-order valence-electron chi connectivity index (χ4n) is 3.01. The van der Waals surface area contributed by atoms with E-state index in [0.717, 1.165) is 5.56 Å². The van der Waals surface area contributed by atoms with E-state index >= 15 is 0 Å². The van der Waals surface area contributed by atoms with Crippen LogP contribution in [0.15, 0.2) is 24.3 Å². The van der Waals surface area contributed by atoms with Crippen molar-refractivity contribution in [2.45, 2.75) is 0 Å². The molecule has 0 saturated heterocycles. The molecule has 0 spiro atoms. The number of anilines is 1. The predicted octanol–water partition coefficient (Wildman–Crippen LogP) is 2.63. The molecule has 0 unspecified atom stereocenters. The zero-order valence-electron chi connectivity index (χ0n) is 14.5. The smallest absolute Gasteiger partial charge is 0.231 e. The first-order chi connectivity index (χ1) is 12.7. The van der Waals surface area contributed by atoms with Gasteiger partial charge in [-0.05, 0) is 24.3 Å². The third-order valence-electron chi connectivity index (χ3n) is 4.16. The van der Waals surface area contributed by atoms with Crippen LogP contribution < -0.4 is 29.4 Å². The van der Waals surface area contributed by atoms with E-state index < -0.39 is 0 Å². The van der Waals surface area contributed by atoms with Crippen molar-refractivity contribution in [1.82, 2.24) is 9.97 Å². The van der Waals surface area contributed by atoms with Crippen molar-refractivity contribution in [1.29, 1.82) is 0 Å². The highest BCUT2D eigenvalue weighted by Gasteiger charge is 2.22. The van der Waals surface area contributed by atoms with E-state index in [2.05, 4.69) is 9.97 Å². The van der Waals surface area contributed by atoms with Crippen LogP contribution in [-0.2, 0) is 0 Å². The van der Waals surface area contributed by atoms with E-state index in [-0.39, 0.29) is 12.7 Å². The number of rotatable bonds is 4. The second-order valence-electron chi connectivity index (χ2n) is 5.54. The van der Waals surface area contributed by atoms with Gasteiger partial charge < -0.3 is 29.4 Å². The van der Waals surface area contributed by atoms with Gasteiger partial charge in [0, 0.05) is 10.9 Å². The minimum absolute atomic E-state index is 0.121. The first-order valence-corrected chi connectivity index (χ1v) is 7.82. The molecule has 1 aromatic heterocycles. The van der Waals surface area contributed by atoms with Crippen molar-refractivity contribution in [3.8, 4) is 40.0 Å². The molecule has 3 aromatic rings. The number of nitrogens with two attached hydrogens (primary N) is 1. The summed E-state index contributed by atoms with van der Waals surface area (Å²) in [7, 11) is 4.63. The molecular weight excluding hydrogens is 338 g/mol. The Morgan fingerprint density at radius 2 is 1.69 bits per heavy atom. The summed E-state index contributed by atoms with van der Waals surface area (Å²) >= 11 is 0. The number of benzene rings is 2. The normalized spacial score (nSPS) is 12.3. The summed E-state index contributed by atoms with van der Waals surface area (Å²) in [5.74, 6) is 2.84. The minimum Gasteiger partial charge on any atom is -0.493 e. The summed E-state index contributed by atoms with van der Waals surface area (Å²) in [6, 6.07) is 7.38. The van der Waals surface area contributed by atoms with Gasteiger partial charge in [-0.15, -0.1) is 0 Å². The highest BCUT2D eigenvalue weighted by atomic mass is 16.7. The Labute approximate surface area is 149 Å². The number of nitrogens with zero attached hydrogens (tertiary/aromatic N) is 2. The fourth-order valence-corrected chi connectivity index (χ4v) is 3.01. The van der Waals surface area contributed by atoms with Crippen molar-refractivity contribution >= 4 is 16.9 Å². The van der Waals surface area contributed by atoms with Crippen LogP contribution in [0.25, 0.3) is 22.2 Å². The Morgan fingerprint density at radius 3 is 2.42 bits per heavy atom. The van der Waals surface area contributed by atoms with E-state index in [1.807, 2.05) is 18.2 Å². The number of nitrogen functional groups attached to an aromatic ring is 1. The van der Waals surface area contributed by atoms with Gasteiger partial charge in [0.25, 0.3) is 0 Å². The number of aromatic nitrogens is 2. The van der Waals surface area contributed by atoms with Crippen LogP contribution in [0.1, 0.15) is 0 Å². The summed E-state index contributed by atoms with van der Waals surface area (Å²) in [4.78, 5) is 8.76. The first-order valence-electron chi connectivity index (χ1n) is 7.82. The lowest BCUT2D eigenvalue weighted by Gasteiger charge is -2.16. The zero-order valence-corrected chi connectivity index (χ0v) is 14.5. The molecule has 0 atom stereocenters. The van der Waals surface area contributed by atoms with Crippen molar-refractivity contribution in [2.24, 2.45) is 0 Å². The van der Waals surface area contributed by atoms with Crippen molar-refractivity contribution < 1.29 is 23.7 Å². The Hall–Kier alpha value is -3.42. The number of fused-ring (bicyclic) bond motifs is 2. The molecule has 2 aromatic carbocycles. The number of hydrogen-bond acceptors (Lipinski definition) is 8. The van der Waals surface area contributed by atoms with Gasteiger partial charge in [0.05, 0.1) is 27.0 Å². The summed E-state index contributed by atoms with van der Waals surface area (Å²) in [6.45, 7) is 0.199. The maximum absolute atomic E-state index is 5.95. The van der Waals surface area contributed by atoms with Gasteiger partial charge in [-0.2, -0.15) is 0 Å². The molecule has 0 radical (unpaired) electrons. The van der Waals surface area contributed by atoms with E-state index in [1.54, 1.807) is 13.2 Å². The number of ether oxygens (including phenoxy) is 5. The van der Waals surface area contributed by atoms with Crippen LogP contribution in [0, 0.1) is 0 Å². The van der Waals surface area contributed by atoms with Crippen molar-refractivity contribution in [3.63, 3.8) is 0 Å². The molecule has 0 saturated carbocycles. The topological polar surface area (TPSA) is 98.0 Å². The van der Waals surface area contributed by atoms with Gasteiger partial charge in [-0.1, -0.05) is 0 Å². The monoisotopic (exact) mass is 355 g/mol. The van der Waals surface area contributed by atoms with Gasteiger partial charge >= 0.3 is 0 Å². The number of hydrogen-bond donors (Lipinski definition) is 1. The summed E-state index contributed by atoms with van der Waals surface area (Å²) in [5.41, 5.74) is 7.93. The van der Waals surface area contributed by atoms with Crippen LogP contribution in [0.2, 0.25) is 0 Å². The average Bonchev–Trinajstić information content (AvgIpc) is 3.13. The molecule has 134 valence electrons. The minimum atomic E-state index is 0.121. The molecule has 4 rings (SSSR count). The molecule has 0 bridgehead atoms. The molecule has 8 nitrogen and oxygen atoms in total. The van der Waals surface area contributed by atoms with E-state index in [1.165, 1.54) is 14.2 Å². The molecule has 26 heavy (non-hydrogen) atoms. The molecule has 2 N–H and O–H groups in total. The fraction of sp³-hybridized carbons (Fsp3) is 0.222. The van der Waals surface area contributed by atoms with Crippen LogP contribution in [-0.4, -0.2) is 38.1 Å². The predicted molar refractivity (Wildman–Crippen MR) is 95.2 cm³/mol. The van der Waals surface area contributed by atoms with Gasteiger partial charge in [-0.3, -0.25) is 0 Å². The summed E-state index contributed by atoms with van der Waals surface area (Å²) in [5, 5.41) is 0.715. The molecule has 0 amide bonds. The van der Waals surface area contributed by atoms with E-state index in [4.69, 9.17) is 29.4 Å². The van der Waals surface area contributed by atoms with E-state index in [0.29, 0.717) is 45.3 Å². The van der Waals surface area contributed by atoms with Crippen molar-refractivity contribution in [3.05, 3.63) is 24.3 Å². The first kappa shape index (κ1) is 16.1. The molecular formula is C18H17N3O5. The Balaban J connectivity index is 2.03. The van der Waals surface area contributed by atoms with Crippen LogP contribution in [0.3, 0.4) is 0 Å². The second kappa shape index (κ2) is 6.14. The van der Waals surface area contributed by atoms with Crippen molar-refractivity contribution in [2.75, 3.05) is 33.9 Å². The van der Waals surface area contributed by atoms with Gasteiger partial charge in [0.1, 0.15) is 5.52 Å². The summed E-state index contributed by atoms with van der Waals surface area (Å²) in [6.07, 6.45) is 0. The van der Waals surface area contributed by atoms with Crippen LogP contribution in [0.5, 0.6) is 28.7 Å². The Morgan fingerprint density at radius 1 is 0.923 bits per heavy atom. The van der Waals surface area contributed by atoms with Gasteiger partial charge in [-0.25, -0.2) is 9.97 Å². The van der Waals surface area contributed by atoms with Gasteiger partial charge in [0.2, 0.25) is 18.5 Å². The SMILES string of the molecule is COc1cc2c(-c3ccc4c(c3)OCO4)nc(N)nc2c(OC)c1OC. The standard InChI is InChI=1S/C18H17N3O5/c1-22-13-7-10-14(9-4-5-11-12(6-9)26-8-25-11)20-18(19)21-15(10)17(24-3)16(13)23-2/h4-7H,8H2,1-3H3,(H2,19,20,21).